The van der Waals surface area contributed by atoms with E-state index in [1.54, 1.807) is 17.8 Å². The molecule has 0 unspecified atom stereocenters. The van der Waals surface area contributed by atoms with Crippen LogP contribution in [0.2, 0.25) is 0 Å². The molecule has 2 N–H and O–H groups in total. The number of aromatic nitrogens is 2. The van der Waals surface area contributed by atoms with Crippen LogP contribution < -0.4 is 5.73 Å². The van der Waals surface area contributed by atoms with E-state index >= 15 is 0 Å². The van der Waals surface area contributed by atoms with Gasteiger partial charge in [0.05, 0.1) is 0 Å². The Kier molecular flexibility index (Phi) is 4.16. The second-order valence-corrected chi connectivity index (χ2v) is 4.43. The molecular formula is C9H16N4S. The van der Waals surface area contributed by atoms with Crippen molar-refractivity contribution in [2.45, 2.75) is 12.1 Å². The van der Waals surface area contributed by atoms with Crippen LogP contribution in [0.4, 0.5) is 5.82 Å². The highest BCUT2D eigenvalue weighted by atomic mass is 32.2. The molecule has 0 fully saturated rings. The maximum Gasteiger partial charge on any atom is 0.189 e. The number of nitrogen functional groups attached to an aromatic ring is 1. The molecule has 0 aliphatic rings. The quantitative estimate of drug-likeness (QED) is 0.596. The first kappa shape index (κ1) is 11.3. The van der Waals surface area contributed by atoms with Gasteiger partial charge in [0, 0.05) is 24.1 Å². The normalized spacial score (nSPS) is 10.9. The molecule has 0 bridgehead atoms. The molecule has 0 aliphatic carbocycles. The Bertz CT molecular complexity index is 281. The van der Waals surface area contributed by atoms with Crippen LogP contribution in [-0.2, 0) is 0 Å². The fourth-order valence-electron chi connectivity index (χ4n) is 0.949. The standard InChI is InChI=1S/C9H16N4S/c1-7-6-8(10)12-9(11-7)14-5-4-13(2)3/h6H,4-5H2,1-3H3,(H2,10,11,12). The predicted molar refractivity (Wildman–Crippen MR) is 60.5 cm³/mol. The summed E-state index contributed by atoms with van der Waals surface area (Å²) in [5.74, 6) is 1.53. The van der Waals surface area contributed by atoms with Gasteiger partial charge in [-0.15, -0.1) is 0 Å². The first-order chi connectivity index (χ1) is 6.58. The van der Waals surface area contributed by atoms with Crippen molar-refractivity contribution in [3.63, 3.8) is 0 Å². The highest BCUT2D eigenvalue weighted by Gasteiger charge is 2.00. The molecular weight excluding hydrogens is 196 g/mol. The highest BCUT2D eigenvalue weighted by Crippen LogP contribution is 2.14. The minimum absolute atomic E-state index is 0.546. The number of anilines is 1. The lowest BCUT2D eigenvalue weighted by molar-refractivity contribution is 0.437. The van der Waals surface area contributed by atoms with Crippen LogP contribution >= 0.6 is 11.8 Å². The Labute approximate surface area is 88.9 Å². The van der Waals surface area contributed by atoms with Crippen molar-refractivity contribution < 1.29 is 0 Å². The Hall–Kier alpha value is -0.810. The maximum atomic E-state index is 5.62. The van der Waals surface area contributed by atoms with Gasteiger partial charge >= 0.3 is 0 Å². The van der Waals surface area contributed by atoms with E-state index < -0.39 is 0 Å². The number of aryl methyl sites for hydroxylation is 1. The van der Waals surface area contributed by atoms with Crippen molar-refractivity contribution in [2.24, 2.45) is 0 Å². The molecule has 0 amide bonds. The molecule has 1 aromatic heterocycles. The van der Waals surface area contributed by atoms with Gasteiger partial charge in [-0.25, -0.2) is 9.97 Å². The average Bonchev–Trinajstić information content (AvgIpc) is 2.01. The molecule has 1 heterocycles. The second-order valence-electron chi connectivity index (χ2n) is 3.37. The van der Waals surface area contributed by atoms with Gasteiger partial charge in [-0.05, 0) is 21.0 Å². The average molecular weight is 212 g/mol. The maximum absolute atomic E-state index is 5.62. The third-order valence-electron chi connectivity index (χ3n) is 1.62. The van der Waals surface area contributed by atoms with Crippen LogP contribution in [0.25, 0.3) is 0 Å². The third-order valence-corrected chi connectivity index (χ3v) is 2.45. The van der Waals surface area contributed by atoms with Gasteiger partial charge in [-0.1, -0.05) is 11.8 Å². The van der Waals surface area contributed by atoms with E-state index in [4.69, 9.17) is 5.73 Å². The number of hydrogen-bond acceptors (Lipinski definition) is 5. The Morgan fingerprint density at radius 3 is 2.71 bits per heavy atom. The van der Waals surface area contributed by atoms with Gasteiger partial charge in [-0.3, -0.25) is 0 Å². The molecule has 0 saturated heterocycles. The summed E-state index contributed by atoms with van der Waals surface area (Å²) in [6, 6.07) is 1.77. The number of hydrogen-bond donors (Lipinski definition) is 1. The van der Waals surface area contributed by atoms with E-state index in [0.29, 0.717) is 5.82 Å². The van der Waals surface area contributed by atoms with E-state index in [2.05, 4.69) is 14.9 Å². The van der Waals surface area contributed by atoms with Gasteiger partial charge in [0.2, 0.25) is 0 Å². The van der Waals surface area contributed by atoms with Crippen LogP contribution in [0.15, 0.2) is 11.2 Å². The fourth-order valence-corrected chi connectivity index (χ4v) is 1.97. The zero-order valence-corrected chi connectivity index (χ0v) is 9.64. The van der Waals surface area contributed by atoms with Crippen molar-refractivity contribution in [3.8, 4) is 0 Å². The van der Waals surface area contributed by atoms with Crippen LogP contribution in [0.1, 0.15) is 5.69 Å². The Morgan fingerprint density at radius 1 is 1.43 bits per heavy atom. The van der Waals surface area contributed by atoms with Gasteiger partial charge < -0.3 is 10.6 Å². The summed E-state index contributed by atoms with van der Waals surface area (Å²) in [4.78, 5) is 10.6. The van der Waals surface area contributed by atoms with Crippen molar-refractivity contribution in [1.82, 2.24) is 14.9 Å². The monoisotopic (exact) mass is 212 g/mol. The van der Waals surface area contributed by atoms with E-state index in [-0.39, 0.29) is 0 Å². The number of nitrogens with two attached hydrogens (primary N) is 1. The summed E-state index contributed by atoms with van der Waals surface area (Å²) in [6.07, 6.45) is 0. The van der Waals surface area contributed by atoms with Crippen LogP contribution in [-0.4, -0.2) is 41.3 Å². The third kappa shape index (κ3) is 3.93. The molecule has 0 aliphatic heterocycles. The number of thioether (sulfide) groups is 1. The minimum atomic E-state index is 0.546. The molecule has 0 spiro atoms. The van der Waals surface area contributed by atoms with Gasteiger partial charge in [-0.2, -0.15) is 0 Å². The van der Waals surface area contributed by atoms with Gasteiger partial charge in [0.1, 0.15) is 5.82 Å². The fraction of sp³-hybridized carbons (Fsp3) is 0.556. The van der Waals surface area contributed by atoms with Crippen LogP contribution in [0.5, 0.6) is 0 Å². The van der Waals surface area contributed by atoms with E-state index in [1.807, 2.05) is 21.0 Å². The molecule has 0 saturated carbocycles. The van der Waals surface area contributed by atoms with E-state index in [0.717, 1.165) is 23.1 Å². The van der Waals surface area contributed by atoms with E-state index in [9.17, 15) is 0 Å². The lowest BCUT2D eigenvalue weighted by atomic mass is 10.4. The van der Waals surface area contributed by atoms with E-state index in [1.165, 1.54) is 0 Å². The summed E-state index contributed by atoms with van der Waals surface area (Å²) >= 11 is 1.63. The topological polar surface area (TPSA) is 55.0 Å². The molecule has 5 heteroatoms. The zero-order valence-electron chi connectivity index (χ0n) is 8.82. The van der Waals surface area contributed by atoms with Crippen molar-refractivity contribution >= 4 is 17.6 Å². The number of nitrogens with zero attached hydrogens (tertiary/aromatic N) is 3. The summed E-state index contributed by atoms with van der Waals surface area (Å²) < 4.78 is 0. The lowest BCUT2D eigenvalue weighted by Crippen LogP contribution is -2.15. The summed E-state index contributed by atoms with van der Waals surface area (Å²) in [5, 5.41) is 0.768. The van der Waals surface area contributed by atoms with Gasteiger partial charge in [0.25, 0.3) is 0 Å². The highest BCUT2D eigenvalue weighted by molar-refractivity contribution is 7.99. The molecule has 1 aromatic rings. The summed E-state index contributed by atoms with van der Waals surface area (Å²) in [6.45, 7) is 2.94. The SMILES string of the molecule is Cc1cc(N)nc(SCCN(C)C)n1. The van der Waals surface area contributed by atoms with Gasteiger partial charge in [0.15, 0.2) is 5.16 Å². The number of rotatable bonds is 4. The van der Waals surface area contributed by atoms with Crippen LogP contribution in [0, 0.1) is 6.92 Å². The first-order valence-corrected chi connectivity index (χ1v) is 5.45. The Morgan fingerprint density at radius 2 is 2.14 bits per heavy atom. The smallest absolute Gasteiger partial charge is 0.189 e. The summed E-state index contributed by atoms with van der Waals surface area (Å²) in [5.41, 5.74) is 6.54. The molecule has 0 radical (unpaired) electrons. The molecule has 0 aromatic carbocycles. The minimum Gasteiger partial charge on any atom is -0.384 e. The lowest BCUT2D eigenvalue weighted by Gasteiger charge is -2.08. The molecule has 14 heavy (non-hydrogen) atoms. The first-order valence-electron chi connectivity index (χ1n) is 4.46. The predicted octanol–water partition coefficient (Wildman–Crippen LogP) is 1.02. The Balaban J connectivity index is 2.50. The molecule has 0 atom stereocenters. The molecule has 1 rings (SSSR count). The van der Waals surface area contributed by atoms with Crippen molar-refractivity contribution in [3.05, 3.63) is 11.8 Å². The summed E-state index contributed by atoms with van der Waals surface area (Å²) in [7, 11) is 4.10. The zero-order chi connectivity index (χ0) is 10.6. The second kappa shape index (κ2) is 5.17. The van der Waals surface area contributed by atoms with Crippen LogP contribution in [0.3, 0.4) is 0 Å². The van der Waals surface area contributed by atoms with Crippen molar-refractivity contribution in [1.29, 1.82) is 0 Å². The molecule has 4 nitrogen and oxygen atoms in total. The largest absolute Gasteiger partial charge is 0.384 e. The van der Waals surface area contributed by atoms with Crippen molar-refractivity contribution in [2.75, 3.05) is 32.1 Å². The molecule has 78 valence electrons.